The number of nitrogens with zero attached hydrogens (tertiary/aromatic N) is 3. The standard InChI is InChI=1S/C17H30N4/c1-5-16-9-17(20-14(4)19-16)18-10-15-7-6-8-21(12-15)11-13(2)3/h9,13,15H,5-8,10-12H2,1-4H3,(H,18,19,20). The lowest BCUT2D eigenvalue weighted by Gasteiger charge is -2.33. The number of piperidine rings is 1. The van der Waals surface area contributed by atoms with Gasteiger partial charge in [-0.3, -0.25) is 0 Å². The Labute approximate surface area is 129 Å². The molecule has 118 valence electrons. The van der Waals surface area contributed by atoms with Crippen LogP contribution in [0.3, 0.4) is 0 Å². The summed E-state index contributed by atoms with van der Waals surface area (Å²) in [6.07, 6.45) is 3.61. The molecule has 0 spiro atoms. The summed E-state index contributed by atoms with van der Waals surface area (Å²) in [4.78, 5) is 11.5. The zero-order chi connectivity index (χ0) is 15.2. The lowest BCUT2D eigenvalue weighted by molar-refractivity contribution is 0.164. The fraction of sp³-hybridized carbons (Fsp3) is 0.765. The fourth-order valence-corrected chi connectivity index (χ4v) is 3.15. The zero-order valence-corrected chi connectivity index (χ0v) is 14.0. The third kappa shape index (κ3) is 5.27. The van der Waals surface area contributed by atoms with Crippen LogP contribution in [0, 0.1) is 18.8 Å². The smallest absolute Gasteiger partial charge is 0.129 e. The second-order valence-electron chi connectivity index (χ2n) is 6.69. The van der Waals surface area contributed by atoms with Crippen LogP contribution in [0.15, 0.2) is 6.07 Å². The van der Waals surface area contributed by atoms with E-state index in [1.807, 2.05) is 6.92 Å². The number of anilines is 1. The third-order valence-corrected chi connectivity index (χ3v) is 4.05. The number of aromatic nitrogens is 2. The van der Waals surface area contributed by atoms with Crippen molar-refractivity contribution in [2.75, 3.05) is 31.5 Å². The molecule has 1 aromatic heterocycles. The monoisotopic (exact) mass is 290 g/mol. The van der Waals surface area contributed by atoms with Crippen LogP contribution < -0.4 is 5.32 Å². The van der Waals surface area contributed by atoms with Crippen LogP contribution in [0.5, 0.6) is 0 Å². The van der Waals surface area contributed by atoms with E-state index in [4.69, 9.17) is 0 Å². The molecule has 4 heteroatoms. The van der Waals surface area contributed by atoms with Crippen LogP contribution >= 0.6 is 0 Å². The van der Waals surface area contributed by atoms with Crippen molar-refractivity contribution >= 4 is 5.82 Å². The van der Waals surface area contributed by atoms with Crippen LogP contribution in [-0.2, 0) is 6.42 Å². The normalized spacial score (nSPS) is 20.0. The van der Waals surface area contributed by atoms with Crippen molar-refractivity contribution in [2.24, 2.45) is 11.8 Å². The molecule has 21 heavy (non-hydrogen) atoms. The highest BCUT2D eigenvalue weighted by Gasteiger charge is 2.20. The Morgan fingerprint density at radius 2 is 2.19 bits per heavy atom. The minimum atomic E-state index is 0.734. The maximum absolute atomic E-state index is 4.50. The van der Waals surface area contributed by atoms with Gasteiger partial charge in [0.2, 0.25) is 0 Å². The van der Waals surface area contributed by atoms with Gasteiger partial charge in [0.1, 0.15) is 11.6 Å². The van der Waals surface area contributed by atoms with Gasteiger partial charge in [-0.05, 0) is 44.6 Å². The summed E-state index contributed by atoms with van der Waals surface area (Å²) in [7, 11) is 0. The first kappa shape index (κ1) is 16.2. The second kappa shape index (κ2) is 7.74. The summed E-state index contributed by atoms with van der Waals surface area (Å²) >= 11 is 0. The minimum absolute atomic E-state index is 0.734. The lowest BCUT2D eigenvalue weighted by Crippen LogP contribution is -2.39. The first-order chi connectivity index (χ1) is 10.1. The predicted octanol–water partition coefficient (Wildman–Crippen LogP) is 3.13. The molecule has 0 bridgehead atoms. The molecular weight excluding hydrogens is 260 g/mol. The molecule has 4 nitrogen and oxygen atoms in total. The minimum Gasteiger partial charge on any atom is -0.370 e. The van der Waals surface area contributed by atoms with Crippen LogP contribution in [0.2, 0.25) is 0 Å². The molecule has 1 aliphatic heterocycles. The Morgan fingerprint density at radius 3 is 2.90 bits per heavy atom. The largest absolute Gasteiger partial charge is 0.370 e. The number of hydrogen-bond donors (Lipinski definition) is 1. The van der Waals surface area contributed by atoms with E-state index in [1.54, 1.807) is 0 Å². The molecule has 1 fully saturated rings. The average Bonchev–Trinajstić information content (AvgIpc) is 2.44. The Hall–Kier alpha value is -1.16. The van der Waals surface area contributed by atoms with Crippen LogP contribution in [0.1, 0.15) is 45.1 Å². The van der Waals surface area contributed by atoms with E-state index in [-0.39, 0.29) is 0 Å². The molecule has 0 amide bonds. The van der Waals surface area contributed by atoms with E-state index in [2.05, 4.69) is 47.0 Å². The molecule has 1 aliphatic rings. The maximum Gasteiger partial charge on any atom is 0.129 e. The molecule has 1 unspecified atom stereocenters. The molecule has 0 radical (unpaired) electrons. The average molecular weight is 290 g/mol. The summed E-state index contributed by atoms with van der Waals surface area (Å²) in [6.45, 7) is 13.4. The predicted molar refractivity (Wildman–Crippen MR) is 88.6 cm³/mol. The molecule has 0 aliphatic carbocycles. The number of nitrogens with one attached hydrogen (secondary N) is 1. The third-order valence-electron chi connectivity index (χ3n) is 4.05. The van der Waals surface area contributed by atoms with E-state index < -0.39 is 0 Å². The van der Waals surface area contributed by atoms with Gasteiger partial charge in [0, 0.05) is 31.4 Å². The first-order valence-corrected chi connectivity index (χ1v) is 8.37. The molecule has 2 rings (SSSR count). The molecule has 1 aromatic rings. The number of likely N-dealkylation sites (tertiary alicyclic amines) is 1. The van der Waals surface area contributed by atoms with E-state index in [0.717, 1.165) is 42.1 Å². The highest BCUT2D eigenvalue weighted by atomic mass is 15.1. The van der Waals surface area contributed by atoms with E-state index in [0.29, 0.717) is 0 Å². The SMILES string of the molecule is CCc1cc(NCC2CCCN(CC(C)C)C2)nc(C)n1. The number of rotatable bonds is 6. The molecular formula is C17H30N4. The lowest BCUT2D eigenvalue weighted by atomic mass is 9.97. The van der Waals surface area contributed by atoms with Gasteiger partial charge < -0.3 is 10.2 Å². The van der Waals surface area contributed by atoms with Crippen molar-refractivity contribution in [3.05, 3.63) is 17.6 Å². The molecule has 1 atom stereocenters. The molecule has 0 saturated carbocycles. The van der Waals surface area contributed by atoms with Crippen molar-refractivity contribution in [1.29, 1.82) is 0 Å². The Balaban J connectivity index is 1.86. The summed E-state index contributed by atoms with van der Waals surface area (Å²) in [6, 6.07) is 2.09. The second-order valence-corrected chi connectivity index (χ2v) is 6.69. The van der Waals surface area contributed by atoms with Gasteiger partial charge in [-0.15, -0.1) is 0 Å². The highest BCUT2D eigenvalue weighted by Crippen LogP contribution is 2.18. The molecule has 1 saturated heterocycles. The van der Waals surface area contributed by atoms with Gasteiger partial charge in [0.05, 0.1) is 0 Å². The van der Waals surface area contributed by atoms with E-state index in [9.17, 15) is 0 Å². The highest BCUT2D eigenvalue weighted by molar-refractivity contribution is 5.36. The van der Waals surface area contributed by atoms with Crippen molar-refractivity contribution in [3.8, 4) is 0 Å². The van der Waals surface area contributed by atoms with Gasteiger partial charge in [-0.1, -0.05) is 20.8 Å². The van der Waals surface area contributed by atoms with Crippen molar-refractivity contribution in [2.45, 2.75) is 47.0 Å². The van der Waals surface area contributed by atoms with Crippen LogP contribution in [-0.4, -0.2) is 41.0 Å². The number of hydrogen-bond acceptors (Lipinski definition) is 4. The Kier molecular flexibility index (Phi) is 5.97. The molecule has 2 heterocycles. The van der Waals surface area contributed by atoms with Gasteiger partial charge in [-0.2, -0.15) is 0 Å². The number of aryl methyl sites for hydroxylation is 2. The summed E-state index contributed by atoms with van der Waals surface area (Å²) in [5.41, 5.74) is 1.12. The van der Waals surface area contributed by atoms with Gasteiger partial charge >= 0.3 is 0 Å². The Bertz CT molecular complexity index is 444. The van der Waals surface area contributed by atoms with Crippen molar-refractivity contribution in [3.63, 3.8) is 0 Å². The zero-order valence-electron chi connectivity index (χ0n) is 14.0. The van der Waals surface area contributed by atoms with Crippen molar-refractivity contribution in [1.82, 2.24) is 14.9 Å². The van der Waals surface area contributed by atoms with Crippen molar-refractivity contribution < 1.29 is 0 Å². The summed E-state index contributed by atoms with van der Waals surface area (Å²) < 4.78 is 0. The first-order valence-electron chi connectivity index (χ1n) is 8.37. The van der Waals surface area contributed by atoms with E-state index in [1.165, 1.54) is 32.5 Å². The molecule has 0 aromatic carbocycles. The quantitative estimate of drug-likeness (QED) is 0.874. The van der Waals surface area contributed by atoms with E-state index >= 15 is 0 Å². The Morgan fingerprint density at radius 1 is 1.38 bits per heavy atom. The topological polar surface area (TPSA) is 41.0 Å². The van der Waals surface area contributed by atoms with Gasteiger partial charge in [0.25, 0.3) is 0 Å². The van der Waals surface area contributed by atoms with Crippen LogP contribution in [0.4, 0.5) is 5.82 Å². The van der Waals surface area contributed by atoms with Crippen LogP contribution in [0.25, 0.3) is 0 Å². The maximum atomic E-state index is 4.50. The molecule has 1 N–H and O–H groups in total. The summed E-state index contributed by atoms with van der Waals surface area (Å²) in [5.74, 6) is 3.34. The summed E-state index contributed by atoms with van der Waals surface area (Å²) in [5, 5.41) is 3.53. The van der Waals surface area contributed by atoms with Gasteiger partial charge in [0.15, 0.2) is 0 Å². The van der Waals surface area contributed by atoms with Gasteiger partial charge in [-0.25, -0.2) is 9.97 Å². The fourth-order valence-electron chi connectivity index (χ4n) is 3.15.